The molecule has 274 valence electrons. The van der Waals surface area contributed by atoms with Crippen molar-refractivity contribution in [3.05, 3.63) is 82.9 Å². The number of nitriles is 1. The topological polar surface area (TPSA) is 254 Å². The molecule has 0 bridgehead atoms. The first-order chi connectivity index (χ1) is 25.1. The number of benzene rings is 1. The van der Waals surface area contributed by atoms with Gasteiger partial charge in [-0.1, -0.05) is 18.2 Å². The number of ether oxygens (including phenoxy) is 2. The van der Waals surface area contributed by atoms with Gasteiger partial charge in [0.25, 0.3) is 0 Å². The summed E-state index contributed by atoms with van der Waals surface area (Å²) in [5.41, 5.74) is 1.67. The number of pyridine rings is 2. The smallest absolute Gasteiger partial charge is 0.354 e. The molecule has 0 fully saturated rings. The number of rotatable bonds is 24. The van der Waals surface area contributed by atoms with E-state index in [1.165, 1.54) is 23.2 Å². The van der Waals surface area contributed by atoms with Crippen molar-refractivity contribution in [2.75, 3.05) is 52.5 Å². The van der Waals surface area contributed by atoms with E-state index in [1.54, 1.807) is 18.2 Å². The second kappa shape index (κ2) is 22.2. The molecular formula is C34H38N8O9S. The first-order valence-corrected chi connectivity index (χ1v) is 16.6. The van der Waals surface area contributed by atoms with Crippen LogP contribution >= 0.6 is 11.8 Å². The van der Waals surface area contributed by atoms with Crippen LogP contribution in [0.4, 0.5) is 0 Å². The molecule has 52 heavy (non-hydrogen) atoms. The highest BCUT2D eigenvalue weighted by Crippen LogP contribution is 2.18. The summed E-state index contributed by atoms with van der Waals surface area (Å²) < 4.78 is 11.5. The number of carbonyl (C=O) groups excluding carboxylic acids is 1. The Morgan fingerprint density at radius 3 is 2.29 bits per heavy atom. The van der Waals surface area contributed by atoms with E-state index in [4.69, 9.17) is 25.7 Å². The number of aliphatic imine (C=N–C) groups is 1. The molecule has 5 N–H and O–H groups in total. The first-order valence-electron chi connectivity index (χ1n) is 15.8. The highest BCUT2D eigenvalue weighted by molar-refractivity contribution is 8.03. The Bertz CT molecular complexity index is 1770. The molecule has 0 spiro atoms. The van der Waals surface area contributed by atoms with Crippen LogP contribution < -0.4 is 10.6 Å². The molecule has 18 heteroatoms. The Labute approximate surface area is 303 Å². The molecule has 2 aromatic heterocycles. The maximum atomic E-state index is 12.0. The van der Waals surface area contributed by atoms with Gasteiger partial charge in [-0.25, -0.2) is 19.6 Å². The van der Waals surface area contributed by atoms with E-state index in [2.05, 4.69) is 20.1 Å². The second-order valence-electron chi connectivity index (χ2n) is 11.0. The van der Waals surface area contributed by atoms with Crippen LogP contribution in [0.3, 0.4) is 0 Å². The number of hydrogen-bond acceptors (Lipinski definition) is 15. The maximum absolute atomic E-state index is 12.0. The lowest BCUT2D eigenvalue weighted by Crippen LogP contribution is -2.35. The van der Waals surface area contributed by atoms with Crippen LogP contribution in [-0.2, 0) is 33.8 Å². The number of hydrogen-bond donors (Lipinski definition) is 4. The summed E-state index contributed by atoms with van der Waals surface area (Å²) >= 11 is 1.08. The van der Waals surface area contributed by atoms with Crippen molar-refractivity contribution in [3.63, 3.8) is 0 Å². The molecule has 0 saturated heterocycles. The molecule has 0 radical (unpaired) electrons. The van der Waals surface area contributed by atoms with Crippen molar-refractivity contribution in [1.82, 2.24) is 19.8 Å². The van der Waals surface area contributed by atoms with Gasteiger partial charge in [-0.15, -0.1) is 0 Å². The van der Waals surface area contributed by atoms with Gasteiger partial charge in [-0.05, 0) is 48.0 Å². The largest absolute Gasteiger partial charge is 0.487 e. The molecular weight excluding hydrogens is 696 g/mol. The lowest BCUT2D eigenvalue weighted by atomic mass is 10.1. The Morgan fingerprint density at radius 1 is 0.942 bits per heavy atom. The zero-order valence-corrected chi connectivity index (χ0v) is 28.9. The predicted octanol–water partition coefficient (Wildman–Crippen LogP) is 2.06. The fourth-order valence-corrected chi connectivity index (χ4v) is 5.00. The Kier molecular flexibility index (Phi) is 17.3. The summed E-state index contributed by atoms with van der Waals surface area (Å²) in [7, 11) is 0. The second-order valence-corrected chi connectivity index (χ2v) is 11.8. The fourth-order valence-electron chi connectivity index (χ4n) is 4.62. The first kappa shape index (κ1) is 40.7. The summed E-state index contributed by atoms with van der Waals surface area (Å²) in [5, 5.41) is 42.7. The molecule has 3 rings (SSSR count). The molecule has 0 unspecified atom stereocenters. The molecule has 0 aliphatic rings. The average molecular weight is 735 g/mol. The van der Waals surface area contributed by atoms with Gasteiger partial charge < -0.3 is 35.4 Å². The minimum absolute atomic E-state index is 0.0607. The van der Waals surface area contributed by atoms with Crippen molar-refractivity contribution in [2.45, 2.75) is 24.4 Å². The van der Waals surface area contributed by atoms with Gasteiger partial charge in [0.2, 0.25) is 0 Å². The molecule has 1 aromatic carbocycles. The lowest BCUT2D eigenvalue weighted by molar-refractivity contribution is -0.138. The number of carboxylic acids is 3. The van der Waals surface area contributed by atoms with E-state index in [1.807, 2.05) is 34.6 Å². The summed E-state index contributed by atoms with van der Waals surface area (Å²) in [6.07, 6.45) is 2.72. The number of carboxylic acid groups (broad SMARTS) is 3. The van der Waals surface area contributed by atoms with Crippen LogP contribution in [0.25, 0.3) is 0 Å². The molecule has 0 amide bonds. The van der Waals surface area contributed by atoms with Gasteiger partial charge in [0, 0.05) is 56.0 Å². The van der Waals surface area contributed by atoms with Crippen LogP contribution in [0.1, 0.15) is 37.9 Å². The third kappa shape index (κ3) is 15.0. The highest BCUT2D eigenvalue weighted by atomic mass is 32.2. The summed E-state index contributed by atoms with van der Waals surface area (Å²) in [4.78, 5) is 62.3. The minimum atomic E-state index is -1.29. The molecule has 0 aliphatic heterocycles. The average Bonchev–Trinajstić information content (AvgIpc) is 3.11. The van der Waals surface area contributed by atoms with E-state index in [9.17, 15) is 29.4 Å². The van der Waals surface area contributed by atoms with Gasteiger partial charge in [-0.3, -0.25) is 19.6 Å². The van der Waals surface area contributed by atoms with E-state index >= 15 is 0 Å². The van der Waals surface area contributed by atoms with E-state index in [-0.39, 0.29) is 76.2 Å². The summed E-state index contributed by atoms with van der Waals surface area (Å²) in [6, 6.07) is 15.0. The number of nitrogens with two attached hydrogens (primary N) is 1. The zero-order chi connectivity index (χ0) is 37.7. The Balaban J connectivity index is 1.68. The quantitative estimate of drug-likeness (QED) is 0.0195. The van der Waals surface area contributed by atoms with Crippen LogP contribution in [0.15, 0.2) is 69.6 Å². The van der Waals surface area contributed by atoms with Crippen molar-refractivity contribution in [3.8, 4) is 11.2 Å². The lowest BCUT2D eigenvalue weighted by Gasteiger charge is -2.23. The molecule has 17 nitrogen and oxygen atoms in total. The number of aromatic carboxylic acids is 2. The number of aromatic nitrogens is 2. The van der Waals surface area contributed by atoms with Gasteiger partial charge >= 0.3 is 17.9 Å². The van der Waals surface area contributed by atoms with Gasteiger partial charge in [0.15, 0.2) is 5.69 Å². The van der Waals surface area contributed by atoms with Crippen molar-refractivity contribution >= 4 is 47.9 Å². The SMILES string of the molecule is N#CSc1ccc(CCN=CC(COc2cc(CN(CCOCCN(CC=O)CC(=O)O)Cc3cccc(C(=O)O)n3)nc(C(=O)O)c2)=NN)cc1. The number of nitrogens with zero attached hydrogens (tertiary/aromatic N) is 7. The summed E-state index contributed by atoms with van der Waals surface area (Å²) in [6.45, 7) is 0.947. The zero-order valence-electron chi connectivity index (χ0n) is 28.0. The fraction of sp³-hybridized carbons (Fsp3) is 0.324. The number of thiocyanates is 1. The van der Waals surface area contributed by atoms with Gasteiger partial charge in [0.1, 0.15) is 35.4 Å². The molecule has 3 aromatic rings. The number of aldehydes is 1. The maximum Gasteiger partial charge on any atom is 0.354 e. The molecule has 0 saturated carbocycles. The predicted molar refractivity (Wildman–Crippen MR) is 190 cm³/mol. The van der Waals surface area contributed by atoms with Crippen molar-refractivity contribution < 1.29 is 44.0 Å². The molecule has 0 atom stereocenters. The number of aliphatic carboxylic acids is 1. The number of hydrazone groups is 1. The molecule has 2 heterocycles. The standard InChI is InChI=1S/C34H38N8O9S/c35-23-52-29-6-4-24(5-7-29)8-9-37-18-27(40-36)22-51-28-16-26(39-31(17-28)34(48)49)20-42(19-25-2-1-3-30(38-25)33(46)47)12-15-50-14-11-41(10-13-43)21-32(44)45/h1-7,13,16-18H,8-12,14-15,19-22,36H2,(H,44,45)(H,46,47)(H,48,49). The van der Waals surface area contributed by atoms with Gasteiger partial charge in [-0.2, -0.15) is 10.4 Å². The number of thioether (sulfide) groups is 1. The van der Waals surface area contributed by atoms with E-state index in [0.717, 1.165) is 22.2 Å². The van der Waals surface area contributed by atoms with Crippen molar-refractivity contribution in [1.29, 1.82) is 5.26 Å². The van der Waals surface area contributed by atoms with Crippen LogP contribution in [0.5, 0.6) is 5.75 Å². The Morgan fingerprint density at radius 2 is 1.63 bits per heavy atom. The van der Waals surface area contributed by atoms with Crippen LogP contribution in [-0.4, -0.2) is 124 Å². The van der Waals surface area contributed by atoms with Crippen molar-refractivity contribution in [2.24, 2.45) is 15.9 Å². The third-order valence-electron chi connectivity index (χ3n) is 7.07. The monoisotopic (exact) mass is 734 g/mol. The molecule has 0 aliphatic carbocycles. The van der Waals surface area contributed by atoms with E-state index < -0.39 is 17.9 Å². The highest BCUT2D eigenvalue weighted by Gasteiger charge is 2.16. The van der Waals surface area contributed by atoms with E-state index in [0.29, 0.717) is 36.4 Å². The summed E-state index contributed by atoms with van der Waals surface area (Å²) in [5.74, 6) is 2.18. The Hall–Kier alpha value is -5.74. The normalized spacial score (nSPS) is 11.5. The minimum Gasteiger partial charge on any atom is -0.487 e. The van der Waals surface area contributed by atoms with Crippen LogP contribution in [0, 0.1) is 10.7 Å². The third-order valence-corrected chi connectivity index (χ3v) is 7.67. The van der Waals surface area contributed by atoms with Crippen LogP contribution in [0.2, 0.25) is 0 Å². The van der Waals surface area contributed by atoms with Gasteiger partial charge in [0.05, 0.1) is 37.7 Å². The number of carbonyl (C=O) groups is 4.